The van der Waals surface area contributed by atoms with Crippen LogP contribution in [0.2, 0.25) is 0 Å². The summed E-state index contributed by atoms with van der Waals surface area (Å²) in [6, 6.07) is 0. The maximum Gasteiger partial charge on any atom is 0.123 e. The molecule has 0 spiro atoms. The predicted octanol–water partition coefficient (Wildman–Crippen LogP) is 2.40. The lowest BCUT2D eigenvalue weighted by atomic mass is 9.62. The summed E-state index contributed by atoms with van der Waals surface area (Å²) in [6.07, 6.45) is 6.49. The molecular weight excluding hydrogens is 188 g/mol. The van der Waals surface area contributed by atoms with Gasteiger partial charge < -0.3 is 9.90 Å². The number of fused-ring (bicyclic) bond motifs is 1. The lowest BCUT2D eigenvalue weighted by molar-refractivity contribution is -0.114. The first kappa shape index (κ1) is 11.1. The topological polar surface area (TPSA) is 37.3 Å². The Labute approximate surface area is 92.1 Å². The van der Waals surface area contributed by atoms with E-state index >= 15 is 0 Å². The molecule has 2 aliphatic rings. The number of hydrogen-bond acceptors (Lipinski definition) is 2. The largest absolute Gasteiger partial charge is 0.393 e. The molecule has 0 amide bonds. The molecule has 1 unspecified atom stereocenters. The van der Waals surface area contributed by atoms with Gasteiger partial charge in [0.1, 0.15) is 6.29 Å². The summed E-state index contributed by atoms with van der Waals surface area (Å²) in [5, 5.41) is 10.0. The van der Waals surface area contributed by atoms with Crippen LogP contribution < -0.4 is 0 Å². The van der Waals surface area contributed by atoms with E-state index < -0.39 is 0 Å². The molecule has 2 saturated carbocycles. The Balaban J connectivity index is 2.20. The zero-order chi connectivity index (χ0) is 11.1. The number of aliphatic hydroxyl groups excluding tert-OH is 1. The van der Waals surface area contributed by atoms with E-state index in [1.54, 1.807) is 0 Å². The molecule has 0 saturated heterocycles. The molecule has 15 heavy (non-hydrogen) atoms. The molecular formula is C13H22O2. The summed E-state index contributed by atoms with van der Waals surface area (Å²) < 4.78 is 0. The quantitative estimate of drug-likeness (QED) is 0.711. The molecule has 2 aliphatic carbocycles. The van der Waals surface area contributed by atoms with Crippen molar-refractivity contribution < 1.29 is 9.90 Å². The number of aldehydes is 1. The van der Waals surface area contributed by atoms with Gasteiger partial charge in [0.25, 0.3) is 0 Å². The highest BCUT2D eigenvalue weighted by Gasteiger charge is 2.52. The molecule has 0 aromatic rings. The maximum absolute atomic E-state index is 10.9. The Morgan fingerprint density at radius 1 is 1.40 bits per heavy atom. The van der Waals surface area contributed by atoms with Gasteiger partial charge in [-0.25, -0.2) is 0 Å². The molecule has 1 N–H and O–H groups in total. The number of carbonyl (C=O) groups excluding carboxylic acids is 1. The van der Waals surface area contributed by atoms with Crippen LogP contribution in [0.15, 0.2) is 0 Å². The van der Waals surface area contributed by atoms with Gasteiger partial charge in [-0.1, -0.05) is 20.3 Å². The minimum absolute atomic E-state index is 0.118. The van der Waals surface area contributed by atoms with Gasteiger partial charge in [-0.05, 0) is 42.9 Å². The Kier molecular flexibility index (Phi) is 2.89. The molecule has 0 aliphatic heterocycles. The third kappa shape index (κ3) is 1.63. The normalized spacial score (nSPS) is 47.3. The molecule has 0 bridgehead atoms. The van der Waals surface area contributed by atoms with E-state index in [0.29, 0.717) is 11.8 Å². The van der Waals surface area contributed by atoms with Crippen molar-refractivity contribution in [1.82, 2.24) is 0 Å². The second-order valence-corrected chi connectivity index (χ2v) is 5.75. The highest BCUT2D eigenvalue weighted by Crippen LogP contribution is 2.57. The average Bonchev–Trinajstić information content (AvgIpc) is 2.56. The monoisotopic (exact) mass is 210 g/mol. The molecule has 86 valence electrons. The summed E-state index contributed by atoms with van der Waals surface area (Å²) >= 11 is 0. The van der Waals surface area contributed by atoms with E-state index in [1.807, 2.05) is 6.92 Å². The SMILES string of the molecule is C[C@H](C=O)[C@H]1CCC2[C@@H](O)CCC[C@@]21C. The van der Waals surface area contributed by atoms with E-state index in [-0.39, 0.29) is 17.4 Å². The first-order chi connectivity index (χ1) is 7.09. The Morgan fingerprint density at radius 2 is 2.13 bits per heavy atom. The van der Waals surface area contributed by atoms with Gasteiger partial charge in [-0.2, -0.15) is 0 Å². The van der Waals surface area contributed by atoms with Gasteiger partial charge in [0.15, 0.2) is 0 Å². The zero-order valence-corrected chi connectivity index (χ0v) is 9.78. The van der Waals surface area contributed by atoms with E-state index in [1.165, 1.54) is 6.42 Å². The van der Waals surface area contributed by atoms with Gasteiger partial charge in [0, 0.05) is 5.92 Å². The molecule has 0 heterocycles. The first-order valence-corrected chi connectivity index (χ1v) is 6.23. The van der Waals surface area contributed by atoms with Crippen LogP contribution in [0.3, 0.4) is 0 Å². The lowest BCUT2D eigenvalue weighted by Gasteiger charge is -2.44. The van der Waals surface area contributed by atoms with Crippen molar-refractivity contribution in [2.24, 2.45) is 23.2 Å². The molecule has 2 fully saturated rings. The highest BCUT2D eigenvalue weighted by atomic mass is 16.3. The van der Waals surface area contributed by atoms with Crippen LogP contribution in [0.4, 0.5) is 0 Å². The molecule has 0 aromatic carbocycles. The first-order valence-electron chi connectivity index (χ1n) is 6.23. The summed E-state index contributed by atoms with van der Waals surface area (Å²) in [5.74, 6) is 1.10. The van der Waals surface area contributed by atoms with Crippen molar-refractivity contribution in [2.75, 3.05) is 0 Å². The fourth-order valence-corrected chi connectivity index (χ4v) is 4.15. The third-order valence-electron chi connectivity index (χ3n) is 5.01. The Hall–Kier alpha value is -0.370. The van der Waals surface area contributed by atoms with Gasteiger partial charge in [0.05, 0.1) is 6.10 Å². The molecule has 0 radical (unpaired) electrons. The van der Waals surface area contributed by atoms with Crippen LogP contribution in [-0.4, -0.2) is 17.5 Å². The van der Waals surface area contributed by atoms with Crippen LogP contribution in [-0.2, 0) is 4.79 Å². The summed E-state index contributed by atoms with van der Waals surface area (Å²) in [5.41, 5.74) is 0.220. The zero-order valence-electron chi connectivity index (χ0n) is 9.78. The minimum Gasteiger partial charge on any atom is -0.393 e. The van der Waals surface area contributed by atoms with E-state index in [9.17, 15) is 9.90 Å². The van der Waals surface area contributed by atoms with Crippen LogP contribution >= 0.6 is 0 Å². The van der Waals surface area contributed by atoms with Crippen molar-refractivity contribution in [3.63, 3.8) is 0 Å². The molecule has 5 atom stereocenters. The van der Waals surface area contributed by atoms with E-state index in [2.05, 4.69) is 6.92 Å². The fraction of sp³-hybridized carbons (Fsp3) is 0.923. The fourth-order valence-electron chi connectivity index (χ4n) is 4.15. The van der Waals surface area contributed by atoms with Crippen molar-refractivity contribution >= 4 is 6.29 Å². The highest BCUT2D eigenvalue weighted by molar-refractivity contribution is 5.53. The standard InChI is InChI=1S/C13H22O2/c1-9(8-14)10-5-6-11-12(15)4-3-7-13(10,11)2/h8-12,15H,3-7H2,1-2H3/t9-,10-,11?,12+,13-/m1/s1. The van der Waals surface area contributed by atoms with Gasteiger partial charge >= 0.3 is 0 Å². The molecule has 2 nitrogen and oxygen atoms in total. The van der Waals surface area contributed by atoms with Gasteiger partial charge in [0.2, 0.25) is 0 Å². The van der Waals surface area contributed by atoms with E-state index in [4.69, 9.17) is 0 Å². The minimum atomic E-state index is -0.118. The van der Waals surface area contributed by atoms with Crippen molar-refractivity contribution in [2.45, 2.75) is 52.1 Å². The molecule has 0 aromatic heterocycles. The van der Waals surface area contributed by atoms with Gasteiger partial charge in [-0.3, -0.25) is 0 Å². The molecule has 2 heteroatoms. The second kappa shape index (κ2) is 3.89. The summed E-state index contributed by atoms with van der Waals surface area (Å²) in [4.78, 5) is 10.9. The van der Waals surface area contributed by atoms with E-state index in [0.717, 1.165) is 32.0 Å². The number of carbonyl (C=O) groups is 1. The Morgan fingerprint density at radius 3 is 2.80 bits per heavy atom. The van der Waals surface area contributed by atoms with Crippen LogP contribution in [0.25, 0.3) is 0 Å². The van der Waals surface area contributed by atoms with Crippen LogP contribution in [0.1, 0.15) is 46.0 Å². The van der Waals surface area contributed by atoms with Crippen LogP contribution in [0, 0.1) is 23.2 Å². The second-order valence-electron chi connectivity index (χ2n) is 5.75. The van der Waals surface area contributed by atoms with Crippen molar-refractivity contribution in [3.05, 3.63) is 0 Å². The number of rotatable bonds is 2. The smallest absolute Gasteiger partial charge is 0.123 e. The van der Waals surface area contributed by atoms with Crippen molar-refractivity contribution in [1.29, 1.82) is 0 Å². The molecule has 2 rings (SSSR count). The lowest BCUT2D eigenvalue weighted by Crippen LogP contribution is -2.41. The number of aliphatic hydroxyl groups is 1. The third-order valence-corrected chi connectivity index (χ3v) is 5.01. The van der Waals surface area contributed by atoms with Gasteiger partial charge in [-0.15, -0.1) is 0 Å². The summed E-state index contributed by atoms with van der Waals surface area (Å²) in [6.45, 7) is 4.32. The van der Waals surface area contributed by atoms with Crippen LogP contribution in [0.5, 0.6) is 0 Å². The predicted molar refractivity (Wildman–Crippen MR) is 59.4 cm³/mol. The summed E-state index contributed by atoms with van der Waals surface area (Å²) in [7, 11) is 0. The van der Waals surface area contributed by atoms with Crippen molar-refractivity contribution in [3.8, 4) is 0 Å². The maximum atomic E-state index is 10.9. The average molecular weight is 210 g/mol. The number of hydrogen-bond donors (Lipinski definition) is 1. The Bertz CT molecular complexity index is 251.